The zero-order chi connectivity index (χ0) is 11.2. The highest BCUT2D eigenvalue weighted by Gasteiger charge is 2.16. The lowest BCUT2D eigenvalue weighted by atomic mass is 10.2. The minimum Gasteiger partial charge on any atom is -0.444 e. The van der Waals surface area contributed by atoms with Crippen LogP contribution in [0.15, 0.2) is 5.18 Å². The Morgan fingerprint density at radius 1 is 1.57 bits per heavy atom. The van der Waals surface area contributed by atoms with Crippen molar-refractivity contribution in [2.24, 2.45) is 5.18 Å². The molecule has 0 aliphatic rings. The van der Waals surface area contributed by atoms with Gasteiger partial charge in [0.05, 0.1) is 6.10 Å². The lowest BCUT2D eigenvalue weighted by Gasteiger charge is -2.20. The summed E-state index contributed by atoms with van der Waals surface area (Å²) in [6.07, 6.45) is -1.58. The normalized spacial score (nSPS) is 13.1. The van der Waals surface area contributed by atoms with E-state index < -0.39 is 17.8 Å². The first kappa shape index (κ1) is 12.8. The van der Waals surface area contributed by atoms with E-state index in [0.717, 1.165) is 0 Å². The summed E-state index contributed by atoms with van der Waals surface area (Å²) in [5.74, 6) is 0. The van der Waals surface area contributed by atoms with Crippen molar-refractivity contribution in [2.45, 2.75) is 32.5 Å². The molecule has 0 bridgehead atoms. The average Bonchev–Trinajstić information content (AvgIpc) is 1.98. The predicted molar refractivity (Wildman–Crippen MR) is 50.9 cm³/mol. The van der Waals surface area contributed by atoms with Crippen molar-refractivity contribution < 1.29 is 14.6 Å². The van der Waals surface area contributed by atoms with Gasteiger partial charge in [-0.05, 0) is 20.8 Å². The molecule has 0 heterocycles. The minimum absolute atomic E-state index is 0.0410. The Kier molecular flexibility index (Phi) is 5.07. The Morgan fingerprint density at radius 2 is 2.14 bits per heavy atom. The van der Waals surface area contributed by atoms with E-state index >= 15 is 0 Å². The number of amides is 1. The molecule has 0 rings (SSSR count). The van der Waals surface area contributed by atoms with Gasteiger partial charge in [0.1, 0.15) is 12.1 Å². The summed E-state index contributed by atoms with van der Waals surface area (Å²) in [5.41, 5.74) is -0.571. The Hall–Kier alpha value is -1.17. The maximum Gasteiger partial charge on any atom is 0.407 e. The molecule has 6 heteroatoms. The molecule has 0 aromatic carbocycles. The van der Waals surface area contributed by atoms with Crippen molar-refractivity contribution in [1.29, 1.82) is 0 Å². The molecule has 14 heavy (non-hydrogen) atoms. The number of alkyl carbamates (subject to hydrolysis) is 1. The molecule has 1 atom stereocenters. The summed E-state index contributed by atoms with van der Waals surface area (Å²) in [4.78, 5) is 20.7. The Morgan fingerprint density at radius 3 is 2.57 bits per heavy atom. The average molecular weight is 204 g/mol. The first-order valence-electron chi connectivity index (χ1n) is 4.29. The van der Waals surface area contributed by atoms with E-state index in [0.29, 0.717) is 0 Å². The van der Waals surface area contributed by atoms with Crippen LogP contribution in [0.4, 0.5) is 4.79 Å². The second kappa shape index (κ2) is 5.54. The maximum atomic E-state index is 11.0. The Bertz CT molecular complexity index is 200. The molecule has 82 valence electrons. The molecule has 0 aliphatic heterocycles. The summed E-state index contributed by atoms with van der Waals surface area (Å²) in [5, 5.41) is 13.8. The second-order valence-corrected chi connectivity index (χ2v) is 3.85. The van der Waals surface area contributed by atoms with E-state index in [1.54, 1.807) is 20.8 Å². The van der Waals surface area contributed by atoms with Crippen molar-refractivity contribution >= 4 is 6.09 Å². The zero-order valence-corrected chi connectivity index (χ0v) is 8.61. The lowest BCUT2D eigenvalue weighted by Crippen LogP contribution is -2.37. The number of aliphatic hydroxyl groups is 1. The van der Waals surface area contributed by atoms with Crippen LogP contribution in [0.1, 0.15) is 20.8 Å². The van der Waals surface area contributed by atoms with Gasteiger partial charge in [-0.1, -0.05) is 5.18 Å². The van der Waals surface area contributed by atoms with Crippen LogP contribution in [0, 0.1) is 4.91 Å². The fourth-order valence-electron chi connectivity index (χ4n) is 0.666. The summed E-state index contributed by atoms with van der Waals surface area (Å²) >= 11 is 0. The van der Waals surface area contributed by atoms with Crippen LogP contribution >= 0.6 is 0 Å². The van der Waals surface area contributed by atoms with Crippen molar-refractivity contribution in [1.82, 2.24) is 5.32 Å². The number of aliphatic hydroxyl groups excluding tert-OH is 1. The van der Waals surface area contributed by atoms with Gasteiger partial charge in [0.25, 0.3) is 0 Å². The van der Waals surface area contributed by atoms with Crippen LogP contribution in [0.2, 0.25) is 0 Å². The van der Waals surface area contributed by atoms with Crippen LogP contribution < -0.4 is 5.32 Å². The highest BCUT2D eigenvalue weighted by atomic mass is 16.6. The fourth-order valence-corrected chi connectivity index (χ4v) is 0.666. The third-order valence-electron chi connectivity index (χ3n) is 1.17. The molecule has 6 nitrogen and oxygen atoms in total. The number of nitrogens with one attached hydrogen (secondary N) is 1. The molecule has 0 saturated heterocycles. The molecule has 0 fully saturated rings. The van der Waals surface area contributed by atoms with E-state index in [1.165, 1.54) is 0 Å². The summed E-state index contributed by atoms with van der Waals surface area (Å²) in [6, 6.07) is 0. The standard InChI is InChI=1S/C8H16N2O4/c1-8(2,3)14-7(12)9-4-6(11)5-10-13/h6,11H,4-5H2,1-3H3,(H,9,12). The number of ether oxygens (including phenoxy) is 1. The topological polar surface area (TPSA) is 88.0 Å². The van der Waals surface area contributed by atoms with Gasteiger partial charge in [-0.2, -0.15) is 4.91 Å². The minimum atomic E-state index is -0.958. The van der Waals surface area contributed by atoms with Crippen LogP contribution in [0.3, 0.4) is 0 Å². The van der Waals surface area contributed by atoms with Crippen molar-refractivity contribution in [3.8, 4) is 0 Å². The largest absolute Gasteiger partial charge is 0.444 e. The number of hydrogen-bond donors (Lipinski definition) is 2. The molecule has 0 aromatic heterocycles. The van der Waals surface area contributed by atoms with Crippen LogP contribution in [-0.2, 0) is 4.74 Å². The predicted octanol–water partition coefficient (Wildman–Crippen LogP) is 0.638. The highest BCUT2D eigenvalue weighted by Crippen LogP contribution is 2.06. The summed E-state index contributed by atoms with van der Waals surface area (Å²) in [7, 11) is 0. The number of nitroso groups, excluding NO2 is 1. The molecular weight excluding hydrogens is 188 g/mol. The van der Waals surface area contributed by atoms with E-state index in [4.69, 9.17) is 9.84 Å². The zero-order valence-electron chi connectivity index (χ0n) is 8.61. The first-order valence-corrected chi connectivity index (χ1v) is 4.29. The third kappa shape index (κ3) is 7.48. The molecular formula is C8H16N2O4. The van der Waals surface area contributed by atoms with Gasteiger partial charge in [0, 0.05) is 6.54 Å². The van der Waals surface area contributed by atoms with E-state index in [2.05, 4.69) is 10.5 Å². The molecule has 0 aromatic rings. The summed E-state index contributed by atoms with van der Waals surface area (Å²) < 4.78 is 4.90. The quantitative estimate of drug-likeness (QED) is 0.658. The first-order chi connectivity index (χ1) is 6.35. The molecule has 1 unspecified atom stereocenters. The molecule has 0 saturated carbocycles. The SMILES string of the molecule is CC(C)(C)OC(=O)NCC(O)CN=O. The van der Waals surface area contributed by atoms with Gasteiger partial charge in [-0.3, -0.25) is 0 Å². The van der Waals surface area contributed by atoms with Gasteiger partial charge in [-0.15, -0.1) is 0 Å². The second-order valence-electron chi connectivity index (χ2n) is 3.85. The number of hydrogen-bond acceptors (Lipinski definition) is 5. The maximum absolute atomic E-state index is 11.0. The van der Waals surface area contributed by atoms with Crippen LogP contribution in [-0.4, -0.2) is 36.0 Å². The summed E-state index contributed by atoms with van der Waals surface area (Å²) in [6.45, 7) is 4.92. The van der Waals surface area contributed by atoms with Crippen LogP contribution in [0.25, 0.3) is 0 Å². The lowest BCUT2D eigenvalue weighted by molar-refractivity contribution is 0.0495. The monoisotopic (exact) mass is 204 g/mol. The van der Waals surface area contributed by atoms with E-state index in [1.807, 2.05) is 0 Å². The number of nitrogens with zero attached hydrogens (tertiary/aromatic N) is 1. The Labute approximate surface area is 82.6 Å². The Balaban J connectivity index is 3.69. The smallest absolute Gasteiger partial charge is 0.407 e. The van der Waals surface area contributed by atoms with Crippen molar-refractivity contribution in [3.05, 3.63) is 4.91 Å². The molecule has 1 amide bonds. The fraction of sp³-hybridized carbons (Fsp3) is 0.875. The molecule has 0 spiro atoms. The van der Waals surface area contributed by atoms with E-state index in [9.17, 15) is 9.70 Å². The van der Waals surface area contributed by atoms with Gasteiger partial charge in [-0.25, -0.2) is 4.79 Å². The highest BCUT2D eigenvalue weighted by molar-refractivity contribution is 5.67. The number of carbonyl (C=O) groups is 1. The molecule has 0 radical (unpaired) electrons. The number of carbonyl (C=O) groups excluding carboxylic acids is 1. The van der Waals surface area contributed by atoms with Crippen molar-refractivity contribution in [3.63, 3.8) is 0 Å². The third-order valence-corrected chi connectivity index (χ3v) is 1.17. The van der Waals surface area contributed by atoms with Gasteiger partial charge in [0.2, 0.25) is 0 Å². The van der Waals surface area contributed by atoms with Gasteiger partial charge < -0.3 is 15.2 Å². The number of rotatable bonds is 4. The molecule has 0 aliphatic carbocycles. The van der Waals surface area contributed by atoms with Crippen molar-refractivity contribution in [2.75, 3.05) is 13.1 Å². The van der Waals surface area contributed by atoms with Crippen LogP contribution in [0.5, 0.6) is 0 Å². The molecule has 2 N–H and O–H groups in total. The van der Waals surface area contributed by atoms with E-state index in [-0.39, 0.29) is 13.1 Å². The van der Waals surface area contributed by atoms with Gasteiger partial charge in [0.15, 0.2) is 0 Å². The van der Waals surface area contributed by atoms with Gasteiger partial charge >= 0.3 is 6.09 Å².